The number of phenols is 1. The van der Waals surface area contributed by atoms with E-state index in [0.29, 0.717) is 18.5 Å². The number of nitrogens with one attached hydrogen (secondary N) is 2. The highest BCUT2D eigenvalue weighted by molar-refractivity contribution is 5.91. The molecule has 1 saturated heterocycles. The Kier molecular flexibility index (Phi) is 12.8. The van der Waals surface area contributed by atoms with Crippen LogP contribution in [-0.2, 0) is 15.0 Å². The van der Waals surface area contributed by atoms with Gasteiger partial charge >= 0.3 is 0 Å². The second-order valence-electron chi connectivity index (χ2n) is 11.9. The van der Waals surface area contributed by atoms with E-state index < -0.39 is 11.5 Å². The van der Waals surface area contributed by atoms with Crippen molar-refractivity contribution in [3.8, 4) is 5.75 Å². The van der Waals surface area contributed by atoms with Crippen molar-refractivity contribution in [3.05, 3.63) is 95.6 Å². The van der Waals surface area contributed by atoms with Gasteiger partial charge in [-0.15, -0.1) is 0 Å². The summed E-state index contributed by atoms with van der Waals surface area (Å²) in [5.41, 5.74) is 8.30. The number of aromatic hydroxyl groups is 1. The van der Waals surface area contributed by atoms with Gasteiger partial charge in [-0.3, -0.25) is 9.59 Å². The first-order valence-electron chi connectivity index (χ1n) is 16.0. The summed E-state index contributed by atoms with van der Waals surface area (Å²) in [6.45, 7) is 4.17. The van der Waals surface area contributed by atoms with Gasteiger partial charge < -0.3 is 31.5 Å². The number of nitrogens with zero attached hydrogens (tertiary/aromatic N) is 1. The monoisotopic (exact) mass is 600 g/mol. The molecule has 0 aromatic heterocycles. The fourth-order valence-corrected chi connectivity index (χ4v) is 6.68. The molecule has 0 spiro atoms. The predicted molar refractivity (Wildman–Crippen MR) is 175 cm³/mol. The number of aliphatic hydroxyl groups excluding tert-OH is 1. The number of unbranched alkanes of at least 4 members (excludes halogenated alkanes) is 6. The van der Waals surface area contributed by atoms with Crippen molar-refractivity contribution in [2.45, 2.75) is 62.9 Å². The number of carbonyl (C=O) groups is 2. The van der Waals surface area contributed by atoms with Gasteiger partial charge in [-0.25, -0.2) is 0 Å². The molecule has 44 heavy (non-hydrogen) atoms. The maximum absolute atomic E-state index is 13.3. The van der Waals surface area contributed by atoms with Gasteiger partial charge in [0.15, 0.2) is 0 Å². The first-order chi connectivity index (χ1) is 21.5. The second kappa shape index (κ2) is 16.9. The predicted octanol–water partition coefficient (Wildman–Crippen LogP) is 5.11. The fourth-order valence-electron chi connectivity index (χ4n) is 6.68. The lowest BCUT2D eigenvalue weighted by Gasteiger charge is -2.37. The lowest BCUT2D eigenvalue weighted by atomic mass is 9.64. The summed E-state index contributed by atoms with van der Waals surface area (Å²) in [6.07, 6.45) is 8.95. The Morgan fingerprint density at radius 2 is 1.55 bits per heavy atom. The Morgan fingerprint density at radius 1 is 0.932 bits per heavy atom. The first kappa shape index (κ1) is 33.2. The number of benzene rings is 3. The van der Waals surface area contributed by atoms with E-state index in [0.717, 1.165) is 63.0 Å². The van der Waals surface area contributed by atoms with Crippen LogP contribution in [0.3, 0.4) is 0 Å². The zero-order valence-electron chi connectivity index (χ0n) is 25.7. The standard InChI is InChI=1S/C36H48N4O4/c37-35(44)36(29-14-8-6-9-15-29,30-16-10-7-11-17-30)31-20-23-40(26-31)22-13-5-3-1-2-4-12-21-38-25-34(43)28-18-19-33(42)32(24-28)39-27-41/h6-11,14-19,24,27,31,34,38,42-43H,1-5,12-13,20-23,25-26H2,(H2,37,44)(H,39,41)/t31-,34+/m1/s1. The zero-order valence-corrected chi connectivity index (χ0v) is 25.7. The molecule has 6 N–H and O–H groups in total. The van der Waals surface area contributed by atoms with Gasteiger partial charge in [0.2, 0.25) is 12.3 Å². The maximum atomic E-state index is 13.3. The van der Waals surface area contributed by atoms with Crippen LogP contribution in [0.25, 0.3) is 0 Å². The average molecular weight is 601 g/mol. The van der Waals surface area contributed by atoms with Crippen molar-refractivity contribution in [2.24, 2.45) is 11.7 Å². The molecule has 3 aromatic carbocycles. The van der Waals surface area contributed by atoms with Gasteiger partial charge in [0.05, 0.1) is 11.8 Å². The SMILES string of the molecule is NC(=O)C(c1ccccc1)(c1ccccc1)[C@@H]1CCN(CCCCCCCCCNC[C@H](O)c2ccc(O)c(NC=O)c2)C1. The molecule has 1 aliphatic heterocycles. The van der Waals surface area contributed by atoms with Gasteiger partial charge in [-0.05, 0) is 73.6 Å². The van der Waals surface area contributed by atoms with E-state index in [2.05, 4.69) is 15.5 Å². The summed E-state index contributed by atoms with van der Waals surface area (Å²) >= 11 is 0. The second-order valence-corrected chi connectivity index (χ2v) is 11.9. The van der Waals surface area contributed by atoms with Crippen LogP contribution in [0.4, 0.5) is 5.69 Å². The van der Waals surface area contributed by atoms with Crippen LogP contribution in [0.1, 0.15) is 74.2 Å². The number of phenolic OH excluding ortho intramolecular Hbond substituents is 1. The number of hydrogen-bond acceptors (Lipinski definition) is 6. The van der Waals surface area contributed by atoms with Crippen molar-refractivity contribution in [2.75, 3.05) is 38.0 Å². The van der Waals surface area contributed by atoms with Gasteiger partial charge in [-0.1, -0.05) is 98.8 Å². The van der Waals surface area contributed by atoms with Crippen molar-refractivity contribution < 1.29 is 19.8 Å². The summed E-state index contributed by atoms with van der Waals surface area (Å²) in [6, 6.07) is 24.8. The quantitative estimate of drug-likeness (QED) is 0.0740. The van der Waals surface area contributed by atoms with Crippen LogP contribution >= 0.6 is 0 Å². The molecular weight excluding hydrogens is 552 g/mol. The molecule has 8 heteroatoms. The molecule has 1 aliphatic rings. The third kappa shape index (κ3) is 8.46. The number of nitrogens with two attached hydrogens (primary N) is 1. The van der Waals surface area contributed by atoms with Gasteiger partial charge in [-0.2, -0.15) is 0 Å². The molecule has 2 amide bonds. The topological polar surface area (TPSA) is 128 Å². The van der Waals surface area contributed by atoms with Crippen molar-refractivity contribution in [1.82, 2.24) is 10.2 Å². The Hall–Kier alpha value is -3.72. The van der Waals surface area contributed by atoms with Crippen LogP contribution in [-0.4, -0.2) is 60.2 Å². The van der Waals surface area contributed by atoms with E-state index >= 15 is 0 Å². The molecule has 1 fully saturated rings. The molecule has 0 bridgehead atoms. The molecule has 1 heterocycles. The Labute approximate surface area is 261 Å². The van der Waals surface area contributed by atoms with Crippen LogP contribution in [0, 0.1) is 5.92 Å². The summed E-state index contributed by atoms with van der Waals surface area (Å²) in [5.74, 6) is -0.162. The lowest BCUT2D eigenvalue weighted by Crippen LogP contribution is -2.49. The number of primary amides is 1. The number of carbonyl (C=O) groups excluding carboxylic acids is 2. The minimum atomic E-state index is -0.826. The normalized spacial score (nSPS) is 16.1. The highest BCUT2D eigenvalue weighted by atomic mass is 16.3. The third-order valence-electron chi connectivity index (χ3n) is 9.02. The number of rotatable bonds is 19. The molecular formula is C36H48N4O4. The summed E-state index contributed by atoms with van der Waals surface area (Å²) in [5, 5.41) is 25.9. The number of likely N-dealkylation sites (tertiary alicyclic amines) is 1. The largest absolute Gasteiger partial charge is 0.506 e. The van der Waals surface area contributed by atoms with E-state index in [4.69, 9.17) is 5.73 Å². The van der Waals surface area contributed by atoms with Crippen LogP contribution in [0.5, 0.6) is 5.75 Å². The first-order valence-corrected chi connectivity index (χ1v) is 16.0. The third-order valence-corrected chi connectivity index (χ3v) is 9.02. The molecule has 2 atom stereocenters. The molecule has 0 saturated carbocycles. The maximum Gasteiger partial charge on any atom is 0.232 e. The van der Waals surface area contributed by atoms with Crippen LogP contribution < -0.4 is 16.4 Å². The lowest BCUT2D eigenvalue weighted by molar-refractivity contribution is -0.123. The van der Waals surface area contributed by atoms with Gasteiger partial charge in [0.1, 0.15) is 11.2 Å². The Morgan fingerprint density at radius 3 is 2.16 bits per heavy atom. The van der Waals surface area contributed by atoms with Crippen molar-refractivity contribution in [1.29, 1.82) is 0 Å². The Bertz CT molecular complexity index is 1260. The number of hydrogen-bond donors (Lipinski definition) is 5. The van der Waals surface area contributed by atoms with E-state index in [1.807, 2.05) is 60.7 Å². The average Bonchev–Trinajstić information content (AvgIpc) is 3.51. The minimum absolute atomic E-state index is 0.0281. The molecule has 236 valence electrons. The Balaban J connectivity index is 1.11. The molecule has 8 nitrogen and oxygen atoms in total. The molecule has 0 radical (unpaired) electrons. The van der Waals surface area contributed by atoms with Crippen LogP contribution in [0.15, 0.2) is 78.9 Å². The van der Waals surface area contributed by atoms with Crippen molar-refractivity contribution in [3.63, 3.8) is 0 Å². The van der Waals surface area contributed by atoms with E-state index in [1.54, 1.807) is 12.1 Å². The molecule has 0 unspecified atom stereocenters. The zero-order chi connectivity index (χ0) is 31.2. The van der Waals surface area contributed by atoms with Crippen molar-refractivity contribution >= 4 is 18.0 Å². The summed E-state index contributed by atoms with van der Waals surface area (Å²) in [7, 11) is 0. The van der Waals surface area contributed by atoms with E-state index in [9.17, 15) is 19.8 Å². The van der Waals surface area contributed by atoms with Gasteiger partial charge in [0.25, 0.3) is 0 Å². The van der Waals surface area contributed by atoms with E-state index in [1.165, 1.54) is 31.7 Å². The number of aliphatic hydroxyl groups is 1. The van der Waals surface area contributed by atoms with Gasteiger partial charge in [0, 0.05) is 13.1 Å². The molecule has 0 aliphatic carbocycles. The highest BCUT2D eigenvalue weighted by Gasteiger charge is 2.49. The highest BCUT2D eigenvalue weighted by Crippen LogP contribution is 2.43. The van der Waals surface area contributed by atoms with Crippen LogP contribution in [0.2, 0.25) is 0 Å². The van der Waals surface area contributed by atoms with E-state index in [-0.39, 0.29) is 23.3 Å². The fraction of sp³-hybridized carbons (Fsp3) is 0.444. The summed E-state index contributed by atoms with van der Waals surface area (Å²) in [4.78, 5) is 26.4. The molecule has 3 aromatic rings. The number of amides is 2. The number of anilines is 1. The smallest absolute Gasteiger partial charge is 0.232 e. The molecule has 4 rings (SSSR count). The minimum Gasteiger partial charge on any atom is -0.506 e. The summed E-state index contributed by atoms with van der Waals surface area (Å²) < 4.78 is 0.